The van der Waals surface area contributed by atoms with Crippen molar-refractivity contribution in [3.63, 3.8) is 0 Å². The molecule has 1 heterocycles. The number of hydrazone groups is 1. The Kier molecular flexibility index (Phi) is 7.00. The van der Waals surface area contributed by atoms with Crippen molar-refractivity contribution in [1.82, 2.24) is 5.43 Å². The monoisotopic (exact) mass is 459 g/mol. The number of aliphatic carboxylic acids is 1. The summed E-state index contributed by atoms with van der Waals surface area (Å²) in [7, 11) is -3.80. The average molecular weight is 460 g/mol. The van der Waals surface area contributed by atoms with Crippen molar-refractivity contribution < 1.29 is 27.9 Å². The van der Waals surface area contributed by atoms with E-state index in [4.69, 9.17) is 9.84 Å². The maximum absolute atomic E-state index is 12.5. The van der Waals surface area contributed by atoms with Crippen molar-refractivity contribution in [1.29, 1.82) is 0 Å². The van der Waals surface area contributed by atoms with Crippen LogP contribution in [0.4, 0.5) is 5.69 Å². The number of hydrogen-bond acceptors (Lipinski definition) is 7. The zero-order chi connectivity index (χ0) is 22.3. The second-order valence-corrected chi connectivity index (χ2v) is 8.89. The van der Waals surface area contributed by atoms with Crippen LogP contribution in [0.3, 0.4) is 0 Å². The van der Waals surface area contributed by atoms with Crippen LogP contribution >= 0.6 is 11.3 Å². The Morgan fingerprint density at radius 3 is 2.48 bits per heavy atom. The number of nitrogens with zero attached hydrogens (tertiary/aromatic N) is 1. The molecule has 0 aliphatic carbocycles. The molecule has 0 fully saturated rings. The Morgan fingerprint density at radius 1 is 1.06 bits per heavy atom. The van der Waals surface area contributed by atoms with E-state index in [2.05, 4.69) is 15.2 Å². The summed E-state index contributed by atoms with van der Waals surface area (Å²) < 4.78 is 32.5. The van der Waals surface area contributed by atoms with E-state index in [1.54, 1.807) is 47.8 Å². The predicted octanol–water partition coefficient (Wildman–Crippen LogP) is 2.78. The Bertz CT molecular complexity index is 1190. The molecule has 31 heavy (non-hydrogen) atoms. The molecular weight excluding hydrogens is 442 g/mol. The Hall–Kier alpha value is -3.70. The smallest absolute Gasteiger partial charge is 0.341 e. The molecule has 3 N–H and O–H groups in total. The van der Waals surface area contributed by atoms with Crippen molar-refractivity contribution in [3.8, 4) is 5.75 Å². The minimum absolute atomic E-state index is 0.109. The van der Waals surface area contributed by atoms with Gasteiger partial charge in [0.05, 0.1) is 17.5 Å². The lowest BCUT2D eigenvalue weighted by Gasteiger charge is -2.10. The van der Waals surface area contributed by atoms with E-state index in [-0.39, 0.29) is 15.5 Å². The zero-order valence-electron chi connectivity index (χ0n) is 15.9. The SMILES string of the molecule is O=C(O)COc1ccc(/C=N/NC(=O)c2ccccc2NS(=O)(=O)c2cccs2)cc1. The lowest BCUT2D eigenvalue weighted by atomic mass is 10.2. The topological polar surface area (TPSA) is 134 Å². The van der Waals surface area contributed by atoms with Crippen LogP contribution < -0.4 is 14.9 Å². The molecule has 9 nitrogen and oxygen atoms in total. The van der Waals surface area contributed by atoms with Crippen molar-refractivity contribution >= 4 is 45.1 Å². The molecule has 11 heteroatoms. The Morgan fingerprint density at radius 2 is 1.81 bits per heavy atom. The van der Waals surface area contributed by atoms with Crippen molar-refractivity contribution in [2.24, 2.45) is 5.10 Å². The second kappa shape index (κ2) is 9.87. The van der Waals surface area contributed by atoms with Gasteiger partial charge in [-0.3, -0.25) is 9.52 Å². The van der Waals surface area contributed by atoms with Crippen LogP contribution in [0.2, 0.25) is 0 Å². The third-order valence-electron chi connectivity index (χ3n) is 3.80. The summed E-state index contributed by atoms with van der Waals surface area (Å²) in [6, 6.07) is 15.7. The molecule has 0 aliphatic heterocycles. The normalized spacial score (nSPS) is 11.2. The van der Waals surface area contributed by atoms with E-state index in [0.29, 0.717) is 11.3 Å². The quantitative estimate of drug-likeness (QED) is 0.333. The van der Waals surface area contributed by atoms with E-state index >= 15 is 0 Å². The van der Waals surface area contributed by atoms with Gasteiger partial charge in [-0.25, -0.2) is 18.6 Å². The highest BCUT2D eigenvalue weighted by atomic mass is 32.2. The average Bonchev–Trinajstić information content (AvgIpc) is 3.29. The number of anilines is 1. The standard InChI is InChI=1S/C20H17N3O6S2/c24-18(25)13-29-15-9-7-14(8-10-15)12-21-22-20(26)16-4-1-2-5-17(16)23-31(27,28)19-6-3-11-30-19/h1-12,23H,13H2,(H,22,26)(H,24,25)/b21-12+. The summed E-state index contributed by atoms with van der Waals surface area (Å²) in [5.74, 6) is -1.29. The number of carboxylic acid groups (broad SMARTS) is 1. The first kappa shape index (κ1) is 22.0. The fraction of sp³-hybridized carbons (Fsp3) is 0.0500. The molecule has 0 saturated heterocycles. The molecule has 0 atom stereocenters. The highest BCUT2D eigenvalue weighted by Gasteiger charge is 2.19. The number of ether oxygens (including phenoxy) is 1. The molecule has 0 radical (unpaired) electrons. The summed E-state index contributed by atoms with van der Waals surface area (Å²) in [6.07, 6.45) is 1.39. The van der Waals surface area contributed by atoms with Gasteiger partial charge in [0.15, 0.2) is 6.61 Å². The van der Waals surface area contributed by atoms with Gasteiger partial charge in [0.25, 0.3) is 15.9 Å². The van der Waals surface area contributed by atoms with Gasteiger partial charge in [-0.05, 0) is 53.4 Å². The van der Waals surface area contributed by atoms with Crippen LogP contribution in [-0.2, 0) is 14.8 Å². The minimum atomic E-state index is -3.80. The number of carboxylic acids is 1. The summed E-state index contributed by atoms with van der Waals surface area (Å²) >= 11 is 1.07. The number of carbonyl (C=O) groups excluding carboxylic acids is 1. The van der Waals surface area contributed by atoms with Gasteiger partial charge in [0.2, 0.25) is 0 Å². The van der Waals surface area contributed by atoms with Crippen molar-refractivity contribution in [2.45, 2.75) is 4.21 Å². The van der Waals surface area contributed by atoms with Crippen LogP contribution in [0.1, 0.15) is 15.9 Å². The summed E-state index contributed by atoms with van der Waals surface area (Å²) in [5.41, 5.74) is 3.22. The molecule has 2 aromatic carbocycles. The van der Waals surface area contributed by atoms with Gasteiger partial charge in [0.1, 0.15) is 9.96 Å². The fourth-order valence-corrected chi connectivity index (χ4v) is 4.48. The van der Waals surface area contributed by atoms with E-state index in [1.807, 2.05) is 0 Å². The molecule has 0 spiro atoms. The molecular formula is C20H17N3O6S2. The third kappa shape index (κ3) is 6.14. The molecule has 3 rings (SSSR count). The van der Waals surface area contributed by atoms with Crippen LogP contribution in [0.5, 0.6) is 5.75 Å². The number of carbonyl (C=O) groups is 2. The van der Waals surface area contributed by atoms with Gasteiger partial charge in [-0.15, -0.1) is 11.3 Å². The summed E-state index contributed by atoms with van der Waals surface area (Å²) in [6.45, 7) is -0.445. The molecule has 0 aliphatic rings. The predicted molar refractivity (Wildman–Crippen MR) is 116 cm³/mol. The van der Waals surface area contributed by atoms with Crippen molar-refractivity contribution in [3.05, 3.63) is 77.2 Å². The number of amides is 1. The number of nitrogens with one attached hydrogen (secondary N) is 2. The summed E-state index contributed by atoms with van der Waals surface area (Å²) in [4.78, 5) is 23.0. The lowest BCUT2D eigenvalue weighted by Crippen LogP contribution is -2.21. The van der Waals surface area contributed by atoms with Crippen LogP contribution in [0.15, 0.2) is 75.4 Å². The highest BCUT2D eigenvalue weighted by molar-refractivity contribution is 7.94. The molecule has 1 aromatic heterocycles. The van der Waals surface area contributed by atoms with E-state index < -0.39 is 28.5 Å². The minimum Gasteiger partial charge on any atom is -0.482 e. The van der Waals surface area contributed by atoms with E-state index in [9.17, 15) is 18.0 Å². The maximum atomic E-state index is 12.5. The van der Waals surface area contributed by atoms with Gasteiger partial charge in [0, 0.05) is 0 Å². The van der Waals surface area contributed by atoms with Gasteiger partial charge < -0.3 is 9.84 Å². The fourth-order valence-electron chi connectivity index (χ4n) is 2.40. The van der Waals surface area contributed by atoms with Crippen molar-refractivity contribution in [2.75, 3.05) is 11.3 Å². The number of hydrogen-bond donors (Lipinski definition) is 3. The van der Waals surface area contributed by atoms with Crippen LogP contribution in [0, 0.1) is 0 Å². The molecule has 0 bridgehead atoms. The molecule has 3 aromatic rings. The van der Waals surface area contributed by atoms with E-state index in [1.165, 1.54) is 24.4 Å². The number of benzene rings is 2. The number of thiophene rings is 1. The lowest BCUT2D eigenvalue weighted by molar-refractivity contribution is -0.139. The largest absolute Gasteiger partial charge is 0.482 e. The van der Waals surface area contributed by atoms with Gasteiger partial charge in [-0.1, -0.05) is 18.2 Å². The zero-order valence-corrected chi connectivity index (χ0v) is 17.5. The molecule has 0 unspecified atom stereocenters. The third-order valence-corrected chi connectivity index (χ3v) is 6.56. The number of para-hydroxylation sites is 1. The summed E-state index contributed by atoms with van der Waals surface area (Å²) in [5, 5.41) is 14.1. The van der Waals surface area contributed by atoms with Crippen LogP contribution in [0.25, 0.3) is 0 Å². The Labute approximate surface area is 182 Å². The molecule has 160 valence electrons. The first-order chi connectivity index (χ1) is 14.8. The Balaban J connectivity index is 1.65. The number of sulfonamides is 1. The first-order valence-corrected chi connectivity index (χ1v) is 11.1. The van der Waals surface area contributed by atoms with Gasteiger partial charge >= 0.3 is 5.97 Å². The second-order valence-electron chi connectivity index (χ2n) is 6.03. The molecule has 0 saturated carbocycles. The first-order valence-electron chi connectivity index (χ1n) is 8.78. The highest BCUT2D eigenvalue weighted by Crippen LogP contribution is 2.22. The molecule has 1 amide bonds. The maximum Gasteiger partial charge on any atom is 0.341 e. The van der Waals surface area contributed by atoms with E-state index in [0.717, 1.165) is 11.3 Å². The number of rotatable bonds is 9. The van der Waals surface area contributed by atoms with Gasteiger partial charge in [-0.2, -0.15) is 5.10 Å². The van der Waals surface area contributed by atoms with Crippen LogP contribution in [-0.4, -0.2) is 38.2 Å².